The van der Waals surface area contributed by atoms with Gasteiger partial charge in [0, 0.05) is 25.7 Å². The lowest BCUT2D eigenvalue weighted by Gasteiger charge is -2.08. The van der Waals surface area contributed by atoms with Crippen LogP contribution in [-0.2, 0) is 0 Å². The summed E-state index contributed by atoms with van der Waals surface area (Å²) in [5.74, 6) is -3.66. The Labute approximate surface area is 141 Å². The number of hydrogen-bond acceptors (Lipinski definition) is 2. The van der Waals surface area contributed by atoms with E-state index in [4.69, 9.17) is 0 Å². The summed E-state index contributed by atoms with van der Waals surface area (Å²) in [5, 5.41) is 6.26. The maximum atomic E-state index is 12.6. The Balaban J connectivity index is 0.000000202. The fraction of sp³-hybridized carbons (Fsp3) is 1.00. The molecule has 2 aliphatic carbocycles. The van der Waals surface area contributed by atoms with Crippen LogP contribution >= 0.6 is 24.8 Å². The van der Waals surface area contributed by atoms with Gasteiger partial charge >= 0.3 is 0 Å². The maximum Gasteiger partial charge on any atom is 0.248 e. The lowest BCUT2D eigenvalue weighted by Crippen LogP contribution is -2.17. The highest BCUT2D eigenvalue weighted by molar-refractivity contribution is 5.85. The zero-order valence-corrected chi connectivity index (χ0v) is 13.9. The second-order valence-corrected chi connectivity index (χ2v) is 6.89. The maximum absolute atomic E-state index is 12.6. The van der Waals surface area contributed by atoms with Gasteiger partial charge in [-0.05, 0) is 49.9 Å². The van der Waals surface area contributed by atoms with Crippen LogP contribution in [-0.4, -0.2) is 38.0 Å². The molecule has 0 aromatic rings. The first-order valence-corrected chi connectivity index (χ1v) is 7.52. The van der Waals surface area contributed by atoms with Gasteiger partial charge in [0.1, 0.15) is 0 Å². The highest BCUT2D eigenvalue weighted by Crippen LogP contribution is 2.45. The Hall–Kier alpha value is 0.220. The van der Waals surface area contributed by atoms with Crippen molar-refractivity contribution in [2.75, 3.05) is 26.2 Å². The average Bonchev–Trinajstić information content (AvgIpc) is 2.96. The van der Waals surface area contributed by atoms with Crippen LogP contribution in [0.2, 0.25) is 0 Å². The summed E-state index contributed by atoms with van der Waals surface area (Å²) < 4.78 is 50.6. The molecule has 4 atom stereocenters. The van der Waals surface area contributed by atoms with Gasteiger partial charge in [0.2, 0.25) is 11.8 Å². The Morgan fingerprint density at radius 1 is 0.545 bits per heavy atom. The fourth-order valence-electron chi connectivity index (χ4n) is 4.23. The standard InChI is InChI=1S/2C7H11F2N.2ClH/c2*8-7(9)1-5-3-10-4-6(5)2-7;;/h2*5-6,10H,1-4H2;2*1H/t2*5-,6+;;. The minimum Gasteiger partial charge on any atom is -0.316 e. The number of rotatable bonds is 0. The predicted molar refractivity (Wildman–Crippen MR) is 82.6 cm³/mol. The Morgan fingerprint density at radius 2 is 0.773 bits per heavy atom. The summed E-state index contributed by atoms with van der Waals surface area (Å²) in [4.78, 5) is 0. The molecule has 2 N–H and O–H groups in total. The molecule has 0 bridgehead atoms. The molecule has 0 spiro atoms. The van der Waals surface area contributed by atoms with Gasteiger partial charge in [-0.15, -0.1) is 24.8 Å². The molecule has 0 aromatic heterocycles. The molecule has 4 fully saturated rings. The van der Waals surface area contributed by atoms with E-state index in [0.29, 0.717) is 0 Å². The van der Waals surface area contributed by atoms with Gasteiger partial charge in [0.25, 0.3) is 0 Å². The summed E-state index contributed by atoms with van der Waals surface area (Å²) >= 11 is 0. The van der Waals surface area contributed by atoms with Gasteiger partial charge in [-0.25, -0.2) is 17.6 Å². The van der Waals surface area contributed by atoms with E-state index in [-0.39, 0.29) is 74.2 Å². The van der Waals surface area contributed by atoms with E-state index in [1.54, 1.807) is 0 Å². The van der Waals surface area contributed by atoms with Crippen molar-refractivity contribution in [3.05, 3.63) is 0 Å². The Bertz CT molecular complexity index is 309. The van der Waals surface area contributed by atoms with Crippen LogP contribution < -0.4 is 10.6 Å². The van der Waals surface area contributed by atoms with Crippen molar-refractivity contribution >= 4 is 24.8 Å². The van der Waals surface area contributed by atoms with Crippen molar-refractivity contribution in [2.24, 2.45) is 23.7 Å². The first-order chi connectivity index (χ1) is 9.35. The molecule has 2 heterocycles. The van der Waals surface area contributed by atoms with Crippen LogP contribution in [0, 0.1) is 23.7 Å². The molecule has 0 aromatic carbocycles. The smallest absolute Gasteiger partial charge is 0.248 e. The van der Waals surface area contributed by atoms with Gasteiger partial charge in [-0.2, -0.15) is 0 Å². The Morgan fingerprint density at radius 3 is 1.00 bits per heavy atom. The third kappa shape index (κ3) is 4.62. The molecule has 22 heavy (non-hydrogen) atoms. The largest absolute Gasteiger partial charge is 0.316 e. The van der Waals surface area contributed by atoms with Gasteiger partial charge in [-0.3, -0.25) is 0 Å². The van der Waals surface area contributed by atoms with Crippen molar-refractivity contribution in [1.29, 1.82) is 0 Å². The summed E-state index contributed by atoms with van der Waals surface area (Å²) in [6, 6.07) is 0. The SMILES string of the molecule is Cl.Cl.FC1(F)C[C@H]2CNC[C@H]2C1.FC1(F)C[C@H]2CNC[C@H]2C1. The molecule has 4 rings (SSSR count). The van der Waals surface area contributed by atoms with Crippen molar-refractivity contribution < 1.29 is 17.6 Å². The van der Waals surface area contributed by atoms with Crippen LogP contribution in [0.15, 0.2) is 0 Å². The summed E-state index contributed by atoms with van der Waals surface area (Å²) in [5.41, 5.74) is 0. The van der Waals surface area contributed by atoms with Crippen molar-refractivity contribution in [3.8, 4) is 0 Å². The minimum atomic E-state index is -2.35. The second kappa shape index (κ2) is 7.41. The van der Waals surface area contributed by atoms with Gasteiger partial charge in [-0.1, -0.05) is 0 Å². The van der Waals surface area contributed by atoms with Crippen LogP contribution in [0.5, 0.6) is 0 Å². The molecule has 0 amide bonds. The van der Waals surface area contributed by atoms with Gasteiger partial charge in [0.15, 0.2) is 0 Å². The van der Waals surface area contributed by atoms with Crippen LogP contribution in [0.4, 0.5) is 17.6 Å². The van der Waals surface area contributed by atoms with Crippen LogP contribution in [0.3, 0.4) is 0 Å². The first-order valence-electron chi connectivity index (χ1n) is 7.52. The van der Waals surface area contributed by atoms with Gasteiger partial charge in [0.05, 0.1) is 0 Å². The van der Waals surface area contributed by atoms with E-state index >= 15 is 0 Å². The third-order valence-corrected chi connectivity index (χ3v) is 5.20. The van der Waals surface area contributed by atoms with E-state index in [0.717, 1.165) is 26.2 Å². The first kappa shape index (κ1) is 20.3. The summed E-state index contributed by atoms with van der Waals surface area (Å²) in [6.07, 6.45) is 0.463. The van der Waals surface area contributed by atoms with E-state index < -0.39 is 11.8 Å². The van der Waals surface area contributed by atoms with Crippen molar-refractivity contribution in [2.45, 2.75) is 37.5 Å². The molecule has 2 aliphatic heterocycles. The summed E-state index contributed by atoms with van der Waals surface area (Å²) in [7, 11) is 0. The zero-order valence-electron chi connectivity index (χ0n) is 12.3. The van der Waals surface area contributed by atoms with Crippen LogP contribution in [0.25, 0.3) is 0 Å². The van der Waals surface area contributed by atoms with E-state index in [1.807, 2.05) is 0 Å². The van der Waals surface area contributed by atoms with Gasteiger partial charge < -0.3 is 10.6 Å². The molecular formula is C14H24Cl2F4N2. The normalized spacial score (nSPS) is 39.8. The topological polar surface area (TPSA) is 24.1 Å². The fourth-order valence-corrected chi connectivity index (χ4v) is 4.23. The predicted octanol–water partition coefficient (Wildman–Crippen LogP) is 3.35. The number of nitrogens with one attached hydrogen (secondary N) is 2. The van der Waals surface area contributed by atoms with Crippen LogP contribution in [0.1, 0.15) is 25.7 Å². The highest BCUT2D eigenvalue weighted by Gasteiger charge is 2.48. The van der Waals surface area contributed by atoms with E-state index in [9.17, 15) is 17.6 Å². The molecule has 4 aliphatic rings. The highest BCUT2D eigenvalue weighted by atomic mass is 35.5. The van der Waals surface area contributed by atoms with E-state index in [2.05, 4.69) is 10.6 Å². The lowest BCUT2D eigenvalue weighted by molar-refractivity contribution is 0.000398. The number of alkyl halides is 4. The molecule has 2 saturated heterocycles. The number of fused-ring (bicyclic) bond motifs is 2. The summed E-state index contributed by atoms with van der Waals surface area (Å²) in [6.45, 7) is 3.22. The van der Waals surface area contributed by atoms with E-state index in [1.165, 1.54) is 0 Å². The molecule has 2 saturated carbocycles. The number of hydrogen-bond donors (Lipinski definition) is 2. The zero-order chi connectivity index (χ0) is 14.4. The average molecular weight is 367 g/mol. The second-order valence-electron chi connectivity index (χ2n) is 6.89. The molecule has 0 unspecified atom stereocenters. The quantitative estimate of drug-likeness (QED) is 0.642. The monoisotopic (exact) mass is 366 g/mol. The number of halogens is 6. The molecule has 0 radical (unpaired) electrons. The molecular weight excluding hydrogens is 343 g/mol. The minimum absolute atomic E-state index is 0. The third-order valence-electron chi connectivity index (χ3n) is 5.20. The molecule has 8 heteroatoms. The van der Waals surface area contributed by atoms with Crippen molar-refractivity contribution in [1.82, 2.24) is 10.6 Å². The molecule has 132 valence electrons. The van der Waals surface area contributed by atoms with Crippen molar-refractivity contribution in [3.63, 3.8) is 0 Å². The lowest BCUT2D eigenvalue weighted by atomic mass is 10.0. The Kier molecular flexibility index (Phi) is 6.82. The molecule has 2 nitrogen and oxygen atoms in total.